The highest BCUT2D eigenvalue weighted by molar-refractivity contribution is 5.62. The van der Waals surface area contributed by atoms with E-state index in [-0.39, 0.29) is 12.3 Å². The minimum atomic E-state index is -0.430. The van der Waals surface area contributed by atoms with Gasteiger partial charge in [-0.2, -0.15) is 0 Å². The number of hydrogen-bond donors (Lipinski definition) is 1. The van der Waals surface area contributed by atoms with Crippen LogP contribution in [0.3, 0.4) is 0 Å². The fourth-order valence-electron chi connectivity index (χ4n) is 2.00. The first-order valence-corrected chi connectivity index (χ1v) is 5.86. The van der Waals surface area contributed by atoms with Crippen molar-refractivity contribution in [3.8, 4) is 11.4 Å². The molecular weight excluding hydrogens is 248 g/mol. The average molecular weight is 262 g/mol. The summed E-state index contributed by atoms with van der Waals surface area (Å²) in [5, 5.41) is 27.9. The van der Waals surface area contributed by atoms with Gasteiger partial charge in [-0.1, -0.05) is 0 Å². The van der Waals surface area contributed by atoms with Gasteiger partial charge in [-0.3, -0.25) is 10.1 Å². The summed E-state index contributed by atoms with van der Waals surface area (Å²) in [5.74, 6) is 1.09. The SMILES string of the molecule is CCn1c(CO)nnc1-c1ccc([N+](=O)[O-])cc1C. The highest BCUT2D eigenvalue weighted by atomic mass is 16.6. The number of nitro groups is 1. The summed E-state index contributed by atoms with van der Waals surface area (Å²) in [6.07, 6.45) is 0. The van der Waals surface area contributed by atoms with Crippen LogP contribution in [0.4, 0.5) is 5.69 Å². The Kier molecular flexibility index (Phi) is 3.57. The molecule has 0 saturated carbocycles. The van der Waals surface area contributed by atoms with Crippen molar-refractivity contribution in [3.63, 3.8) is 0 Å². The van der Waals surface area contributed by atoms with E-state index < -0.39 is 4.92 Å². The molecule has 0 aliphatic carbocycles. The number of aryl methyl sites for hydroxylation is 1. The molecule has 0 atom stereocenters. The standard InChI is InChI=1S/C12H14N4O3/c1-3-15-11(7-17)13-14-12(15)10-5-4-9(16(18)19)6-8(10)2/h4-6,17H,3,7H2,1-2H3. The van der Waals surface area contributed by atoms with Crippen LogP contribution in [0.15, 0.2) is 18.2 Å². The van der Waals surface area contributed by atoms with Crippen LogP contribution in [-0.4, -0.2) is 24.8 Å². The predicted octanol–water partition coefficient (Wildman–Crippen LogP) is 1.67. The van der Waals surface area contributed by atoms with Crippen LogP contribution < -0.4 is 0 Å². The lowest BCUT2D eigenvalue weighted by atomic mass is 10.1. The van der Waals surface area contributed by atoms with E-state index in [2.05, 4.69) is 10.2 Å². The molecule has 1 N–H and O–H groups in total. The van der Waals surface area contributed by atoms with E-state index in [4.69, 9.17) is 0 Å². The molecule has 0 spiro atoms. The van der Waals surface area contributed by atoms with Crippen molar-refractivity contribution in [2.45, 2.75) is 27.0 Å². The molecule has 0 bridgehead atoms. The number of aliphatic hydroxyl groups is 1. The van der Waals surface area contributed by atoms with Crippen LogP contribution in [0.25, 0.3) is 11.4 Å². The summed E-state index contributed by atoms with van der Waals surface area (Å²) in [7, 11) is 0. The number of non-ortho nitro benzene ring substituents is 1. The Morgan fingerprint density at radius 3 is 2.68 bits per heavy atom. The Balaban J connectivity index is 2.53. The van der Waals surface area contributed by atoms with Gasteiger partial charge in [0.15, 0.2) is 11.6 Å². The molecule has 2 aromatic rings. The molecule has 1 aromatic carbocycles. The second-order valence-electron chi connectivity index (χ2n) is 4.10. The molecule has 0 fully saturated rings. The van der Waals surface area contributed by atoms with Gasteiger partial charge in [0.05, 0.1) is 4.92 Å². The molecule has 0 aliphatic heterocycles. The number of hydrogen-bond acceptors (Lipinski definition) is 5. The smallest absolute Gasteiger partial charge is 0.269 e. The second kappa shape index (κ2) is 5.15. The highest BCUT2D eigenvalue weighted by Crippen LogP contribution is 2.26. The van der Waals surface area contributed by atoms with E-state index in [9.17, 15) is 15.2 Å². The summed E-state index contributed by atoms with van der Waals surface area (Å²) >= 11 is 0. The molecule has 2 rings (SSSR count). The van der Waals surface area contributed by atoms with Crippen LogP contribution in [-0.2, 0) is 13.2 Å². The number of rotatable bonds is 4. The van der Waals surface area contributed by atoms with Crippen LogP contribution in [0, 0.1) is 17.0 Å². The number of nitrogens with zero attached hydrogens (tertiary/aromatic N) is 4. The Hall–Kier alpha value is -2.28. The van der Waals surface area contributed by atoms with Gasteiger partial charge in [-0.05, 0) is 25.5 Å². The molecule has 0 radical (unpaired) electrons. The second-order valence-corrected chi connectivity index (χ2v) is 4.10. The topological polar surface area (TPSA) is 94.1 Å². The summed E-state index contributed by atoms with van der Waals surface area (Å²) in [6.45, 7) is 4.14. The maximum absolute atomic E-state index is 10.7. The van der Waals surface area contributed by atoms with Gasteiger partial charge in [-0.25, -0.2) is 0 Å². The number of nitro benzene ring substituents is 1. The number of aliphatic hydroxyl groups excluding tert-OH is 1. The van der Waals surface area contributed by atoms with Gasteiger partial charge in [0.2, 0.25) is 0 Å². The molecular formula is C12H14N4O3. The zero-order valence-electron chi connectivity index (χ0n) is 10.7. The Morgan fingerprint density at radius 1 is 1.42 bits per heavy atom. The van der Waals surface area contributed by atoms with Gasteiger partial charge >= 0.3 is 0 Å². The molecule has 7 heteroatoms. The van der Waals surface area contributed by atoms with Crippen LogP contribution >= 0.6 is 0 Å². The number of aromatic nitrogens is 3. The first kappa shape index (κ1) is 13.2. The Morgan fingerprint density at radius 2 is 2.16 bits per heavy atom. The molecule has 0 saturated heterocycles. The largest absolute Gasteiger partial charge is 0.388 e. The van der Waals surface area contributed by atoms with Crippen LogP contribution in [0.5, 0.6) is 0 Å². The summed E-state index contributed by atoms with van der Waals surface area (Å²) < 4.78 is 1.79. The van der Waals surface area contributed by atoms with Crippen molar-refractivity contribution >= 4 is 5.69 Å². The molecule has 0 aliphatic rings. The van der Waals surface area contributed by atoms with Crippen LogP contribution in [0.1, 0.15) is 18.3 Å². The summed E-state index contributed by atoms with van der Waals surface area (Å²) in [4.78, 5) is 10.3. The molecule has 7 nitrogen and oxygen atoms in total. The van der Waals surface area contributed by atoms with E-state index in [1.54, 1.807) is 17.6 Å². The summed E-state index contributed by atoms with van der Waals surface area (Å²) in [6, 6.07) is 4.60. The van der Waals surface area contributed by atoms with Crippen molar-refractivity contribution in [1.29, 1.82) is 0 Å². The lowest BCUT2D eigenvalue weighted by Gasteiger charge is -2.08. The lowest BCUT2D eigenvalue weighted by molar-refractivity contribution is -0.384. The van der Waals surface area contributed by atoms with Crippen molar-refractivity contribution in [2.24, 2.45) is 0 Å². The van der Waals surface area contributed by atoms with E-state index in [0.717, 1.165) is 11.1 Å². The lowest BCUT2D eigenvalue weighted by Crippen LogP contribution is -2.04. The third-order valence-corrected chi connectivity index (χ3v) is 2.95. The fraction of sp³-hybridized carbons (Fsp3) is 0.333. The Labute approximate surface area is 109 Å². The maximum atomic E-state index is 10.7. The molecule has 1 heterocycles. The van der Waals surface area contributed by atoms with Gasteiger partial charge in [-0.15, -0.1) is 10.2 Å². The molecule has 0 amide bonds. The van der Waals surface area contributed by atoms with E-state index in [0.29, 0.717) is 18.2 Å². The van der Waals surface area contributed by atoms with Gasteiger partial charge in [0.25, 0.3) is 5.69 Å². The minimum absolute atomic E-state index is 0.0474. The van der Waals surface area contributed by atoms with Crippen molar-refractivity contribution < 1.29 is 10.0 Å². The zero-order chi connectivity index (χ0) is 14.0. The van der Waals surface area contributed by atoms with Crippen molar-refractivity contribution in [2.75, 3.05) is 0 Å². The van der Waals surface area contributed by atoms with Crippen molar-refractivity contribution in [3.05, 3.63) is 39.7 Å². The highest BCUT2D eigenvalue weighted by Gasteiger charge is 2.16. The zero-order valence-corrected chi connectivity index (χ0v) is 10.7. The first-order chi connectivity index (χ1) is 9.08. The maximum Gasteiger partial charge on any atom is 0.269 e. The Bertz CT molecular complexity index is 621. The molecule has 0 unspecified atom stereocenters. The molecule has 100 valence electrons. The van der Waals surface area contributed by atoms with Gasteiger partial charge in [0.1, 0.15) is 6.61 Å². The van der Waals surface area contributed by atoms with Gasteiger partial charge < -0.3 is 9.67 Å². The summed E-state index contributed by atoms with van der Waals surface area (Å²) in [5.41, 5.74) is 1.58. The van der Waals surface area contributed by atoms with E-state index >= 15 is 0 Å². The van der Waals surface area contributed by atoms with Gasteiger partial charge in [0, 0.05) is 24.2 Å². The first-order valence-electron chi connectivity index (χ1n) is 5.86. The quantitative estimate of drug-likeness (QED) is 0.668. The van der Waals surface area contributed by atoms with Crippen LogP contribution in [0.2, 0.25) is 0 Å². The van der Waals surface area contributed by atoms with E-state index in [1.165, 1.54) is 12.1 Å². The molecule has 1 aromatic heterocycles. The average Bonchev–Trinajstić information content (AvgIpc) is 2.80. The number of benzene rings is 1. The van der Waals surface area contributed by atoms with E-state index in [1.807, 2.05) is 6.92 Å². The minimum Gasteiger partial charge on any atom is -0.388 e. The molecule has 19 heavy (non-hydrogen) atoms. The third-order valence-electron chi connectivity index (χ3n) is 2.95. The van der Waals surface area contributed by atoms with Crippen molar-refractivity contribution in [1.82, 2.24) is 14.8 Å². The normalized spacial score (nSPS) is 10.7. The monoisotopic (exact) mass is 262 g/mol. The predicted molar refractivity (Wildman–Crippen MR) is 68.4 cm³/mol. The third kappa shape index (κ3) is 2.32. The fourth-order valence-corrected chi connectivity index (χ4v) is 2.00.